The van der Waals surface area contributed by atoms with Gasteiger partial charge in [0.15, 0.2) is 0 Å². The van der Waals surface area contributed by atoms with E-state index in [4.69, 9.17) is 9.78 Å². The molecule has 2 aromatic heterocycles. The molecule has 0 atom stereocenters. The van der Waals surface area contributed by atoms with Crippen LogP contribution >= 0.6 is 11.3 Å². The molecule has 0 aliphatic heterocycles. The number of halogens is 1. The van der Waals surface area contributed by atoms with Crippen LogP contribution in [0.25, 0.3) is 22.2 Å². The van der Waals surface area contributed by atoms with E-state index in [1.807, 2.05) is 0 Å². The van der Waals surface area contributed by atoms with Crippen molar-refractivity contribution in [2.24, 2.45) is 0 Å². The van der Waals surface area contributed by atoms with Crippen molar-refractivity contribution < 1.29 is 8.91 Å². The molecule has 0 bridgehead atoms. The first-order chi connectivity index (χ1) is 9.67. The van der Waals surface area contributed by atoms with E-state index in [-0.39, 0.29) is 11.7 Å². The average Bonchev–Trinajstić information content (AvgIpc) is 3.06. The van der Waals surface area contributed by atoms with E-state index >= 15 is 0 Å². The number of aromatic nitrogens is 2. The van der Waals surface area contributed by atoms with Gasteiger partial charge in [0.2, 0.25) is 5.82 Å². The van der Waals surface area contributed by atoms with Crippen LogP contribution in [0.3, 0.4) is 0 Å². The van der Waals surface area contributed by atoms with Crippen molar-refractivity contribution in [1.29, 1.82) is 5.26 Å². The molecule has 0 fully saturated rings. The van der Waals surface area contributed by atoms with Crippen molar-refractivity contribution >= 4 is 11.3 Å². The van der Waals surface area contributed by atoms with E-state index < -0.39 is 0 Å². The average molecular weight is 285 g/mol. The monoisotopic (exact) mass is 285 g/mol. The summed E-state index contributed by atoms with van der Waals surface area (Å²) in [5.41, 5.74) is 1.81. The summed E-state index contributed by atoms with van der Waals surface area (Å²) in [7, 11) is 0. The molecule has 0 spiro atoms. The fraction of sp³-hybridized carbons (Fsp3) is 0.0714. The zero-order valence-electron chi connectivity index (χ0n) is 10.4. The summed E-state index contributed by atoms with van der Waals surface area (Å²) in [5, 5.41) is 14.6. The van der Waals surface area contributed by atoms with Gasteiger partial charge in [0.1, 0.15) is 16.8 Å². The van der Waals surface area contributed by atoms with Crippen LogP contribution < -0.4 is 0 Å². The topological polar surface area (TPSA) is 62.7 Å². The third-order valence-corrected chi connectivity index (χ3v) is 3.61. The van der Waals surface area contributed by atoms with Crippen LogP contribution in [0, 0.1) is 24.1 Å². The standard InChI is InChI=1S/C14H8FN3OS/c1-8-4-10(6-11(15)5-8)13-17-14(19-18-13)12-9(7-16)2-3-20-12/h2-6H,1H3. The summed E-state index contributed by atoms with van der Waals surface area (Å²) in [6.45, 7) is 1.79. The lowest BCUT2D eigenvalue weighted by atomic mass is 10.1. The van der Waals surface area contributed by atoms with Gasteiger partial charge in [-0.05, 0) is 42.1 Å². The predicted octanol–water partition coefficient (Wildman–Crippen LogP) is 3.78. The zero-order valence-corrected chi connectivity index (χ0v) is 11.2. The second kappa shape index (κ2) is 4.87. The molecule has 1 aromatic carbocycles. The number of rotatable bonds is 2. The fourth-order valence-corrected chi connectivity index (χ4v) is 2.63. The van der Waals surface area contributed by atoms with Crippen LogP contribution in [0.5, 0.6) is 0 Å². The fourth-order valence-electron chi connectivity index (χ4n) is 1.86. The first-order valence-electron chi connectivity index (χ1n) is 5.76. The van der Waals surface area contributed by atoms with Crippen LogP contribution in [-0.4, -0.2) is 10.1 Å². The molecule has 0 radical (unpaired) electrons. The molecule has 98 valence electrons. The summed E-state index contributed by atoms with van der Waals surface area (Å²) in [6, 6.07) is 8.31. The van der Waals surface area contributed by atoms with E-state index in [0.717, 1.165) is 5.56 Å². The van der Waals surface area contributed by atoms with Gasteiger partial charge in [0.05, 0.1) is 5.56 Å². The highest BCUT2D eigenvalue weighted by molar-refractivity contribution is 7.13. The predicted molar refractivity (Wildman–Crippen MR) is 72.5 cm³/mol. The SMILES string of the molecule is Cc1cc(F)cc(-c2noc(-c3sccc3C#N)n2)c1. The normalized spacial score (nSPS) is 10.4. The molecule has 6 heteroatoms. The minimum Gasteiger partial charge on any atom is -0.333 e. The first-order valence-corrected chi connectivity index (χ1v) is 6.64. The van der Waals surface area contributed by atoms with Crippen molar-refractivity contribution in [2.45, 2.75) is 6.92 Å². The van der Waals surface area contributed by atoms with E-state index in [9.17, 15) is 4.39 Å². The summed E-state index contributed by atoms with van der Waals surface area (Å²) in [6.07, 6.45) is 0. The van der Waals surface area contributed by atoms with Crippen LogP contribution in [0.15, 0.2) is 34.2 Å². The van der Waals surface area contributed by atoms with Gasteiger partial charge in [-0.2, -0.15) is 10.2 Å². The molecule has 0 saturated heterocycles. The first kappa shape index (κ1) is 12.5. The number of hydrogen-bond donors (Lipinski definition) is 0. The number of thiophene rings is 1. The van der Waals surface area contributed by atoms with Gasteiger partial charge in [0.25, 0.3) is 5.89 Å². The molecular formula is C14H8FN3OS. The second-order valence-electron chi connectivity index (χ2n) is 4.22. The van der Waals surface area contributed by atoms with Gasteiger partial charge in [-0.1, -0.05) is 5.16 Å². The Morgan fingerprint density at radius 2 is 2.20 bits per heavy atom. The van der Waals surface area contributed by atoms with Crippen molar-refractivity contribution in [3.63, 3.8) is 0 Å². The summed E-state index contributed by atoms with van der Waals surface area (Å²) in [4.78, 5) is 4.85. The van der Waals surface area contributed by atoms with Crippen molar-refractivity contribution in [3.8, 4) is 28.2 Å². The van der Waals surface area contributed by atoms with Gasteiger partial charge in [-0.25, -0.2) is 4.39 Å². The number of aryl methyl sites for hydroxylation is 1. The van der Waals surface area contributed by atoms with Gasteiger partial charge >= 0.3 is 0 Å². The largest absolute Gasteiger partial charge is 0.333 e. The Bertz CT molecular complexity index is 796. The molecule has 3 rings (SSSR count). The summed E-state index contributed by atoms with van der Waals surface area (Å²) >= 11 is 1.35. The Balaban J connectivity index is 2.04. The van der Waals surface area contributed by atoms with E-state index in [0.29, 0.717) is 21.8 Å². The molecule has 0 unspecified atom stereocenters. The van der Waals surface area contributed by atoms with Gasteiger partial charge in [-0.15, -0.1) is 11.3 Å². The lowest BCUT2D eigenvalue weighted by Gasteiger charge is -1.97. The third-order valence-electron chi connectivity index (χ3n) is 2.71. The molecule has 0 aliphatic rings. The summed E-state index contributed by atoms with van der Waals surface area (Å²) in [5.74, 6) is 0.230. The highest BCUT2D eigenvalue weighted by atomic mass is 32.1. The van der Waals surface area contributed by atoms with Gasteiger partial charge in [0, 0.05) is 5.56 Å². The Morgan fingerprint density at radius 1 is 1.35 bits per heavy atom. The maximum absolute atomic E-state index is 13.4. The smallest absolute Gasteiger partial charge is 0.269 e. The lowest BCUT2D eigenvalue weighted by molar-refractivity contribution is 0.433. The van der Waals surface area contributed by atoms with Crippen LogP contribution in [0.2, 0.25) is 0 Å². The highest BCUT2D eigenvalue weighted by Gasteiger charge is 2.15. The minimum atomic E-state index is -0.347. The van der Waals surface area contributed by atoms with E-state index in [2.05, 4.69) is 16.2 Å². The summed E-state index contributed by atoms with van der Waals surface area (Å²) < 4.78 is 18.5. The van der Waals surface area contributed by atoms with Crippen LogP contribution in [0.1, 0.15) is 11.1 Å². The van der Waals surface area contributed by atoms with Crippen molar-refractivity contribution in [1.82, 2.24) is 10.1 Å². The molecule has 0 amide bonds. The Kier molecular flexibility index (Phi) is 3.05. The molecule has 3 aromatic rings. The molecule has 20 heavy (non-hydrogen) atoms. The lowest BCUT2D eigenvalue weighted by Crippen LogP contribution is -1.85. The third kappa shape index (κ3) is 2.19. The highest BCUT2D eigenvalue weighted by Crippen LogP contribution is 2.29. The molecule has 0 N–H and O–H groups in total. The van der Waals surface area contributed by atoms with Crippen molar-refractivity contribution in [3.05, 3.63) is 46.6 Å². The molecule has 0 aliphatic carbocycles. The molecule has 4 nitrogen and oxygen atoms in total. The maximum Gasteiger partial charge on any atom is 0.269 e. The van der Waals surface area contributed by atoms with E-state index in [1.165, 1.54) is 23.5 Å². The number of nitrogens with zero attached hydrogens (tertiary/aromatic N) is 3. The molecular weight excluding hydrogens is 277 g/mol. The molecule has 0 saturated carbocycles. The second-order valence-corrected chi connectivity index (χ2v) is 5.13. The van der Waals surface area contributed by atoms with Gasteiger partial charge < -0.3 is 4.52 Å². The van der Waals surface area contributed by atoms with E-state index in [1.54, 1.807) is 24.4 Å². The van der Waals surface area contributed by atoms with Crippen molar-refractivity contribution in [2.75, 3.05) is 0 Å². The quantitative estimate of drug-likeness (QED) is 0.718. The molecule has 2 heterocycles. The Hall–Kier alpha value is -2.52. The van der Waals surface area contributed by atoms with Crippen LogP contribution in [0.4, 0.5) is 4.39 Å². The number of benzene rings is 1. The Morgan fingerprint density at radius 3 is 2.95 bits per heavy atom. The zero-order chi connectivity index (χ0) is 14.1. The minimum absolute atomic E-state index is 0.272. The Labute approximate surface area is 118 Å². The van der Waals surface area contributed by atoms with Crippen LogP contribution in [-0.2, 0) is 0 Å². The number of hydrogen-bond acceptors (Lipinski definition) is 5. The van der Waals surface area contributed by atoms with Gasteiger partial charge in [-0.3, -0.25) is 0 Å². The maximum atomic E-state index is 13.4. The number of nitriles is 1.